The Bertz CT molecular complexity index is 1450. The van der Waals surface area contributed by atoms with Gasteiger partial charge in [0.05, 0.1) is 41.8 Å². The third-order valence-corrected chi connectivity index (χ3v) is 10.7. The van der Waals surface area contributed by atoms with E-state index in [1.807, 2.05) is 26.0 Å². The molecule has 2 aliphatic rings. The number of hydrogen-bond donors (Lipinski definition) is 4. The van der Waals surface area contributed by atoms with Crippen LogP contribution in [0, 0.1) is 11.8 Å². The molecule has 5 N–H and O–H groups in total. The van der Waals surface area contributed by atoms with Gasteiger partial charge in [0, 0.05) is 50.7 Å². The molecule has 1 aliphatic carbocycles. The number of nitrogens with two attached hydrogens (primary N) is 1. The molecule has 1 heterocycles. The van der Waals surface area contributed by atoms with Crippen LogP contribution in [-0.2, 0) is 14.3 Å². The van der Waals surface area contributed by atoms with E-state index in [4.69, 9.17) is 15.2 Å². The Morgan fingerprint density at radius 2 is 1.64 bits per heavy atom. The number of nitrogen functional groups attached to an aromatic ring is 1. The summed E-state index contributed by atoms with van der Waals surface area (Å²) in [5.41, 5.74) is 7.90. The summed E-state index contributed by atoms with van der Waals surface area (Å²) < 4.78 is 12.9. The molecule has 0 bridgehead atoms. The summed E-state index contributed by atoms with van der Waals surface area (Å²) >= 11 is 0. The predicted molar refractivity (Wildman–Crippen MR) is 212 cm³/mol. The molecule has 53 heavy (non-hydrogen) atoms. The standard InChI is InChI=1S/C42H65N5O6/c1-30-26-47(31(2)29-48)42(51)35-25-34(44-40(49)20-9-6-10-21-41(50)45-37-19-12-11-18-36(37)43)22-23-38(35)53-32(3)15-13-14-24-52-39(30)28-46(4)27-33-16-7-5-8-17-33/h11-12,18-19,22-23,25,30-33,39,48H,5-10,13-17,20-21,24,26-29,43H2,1-4H3,(H,44,49)(H,45,50)/t30-,31+,32+,39-/m0/s1. The van der Waals surface area contributed by atoms with Gasteiger partial charge in [0.15, 0.2) is 0 Å². The van der Waals surface area contributed by atoms with Gasteiger partial charge in [-0.3, -0.25) is 14.4 Å². The van der Waals surface area contributed by atoms with Gasteiger partial charge >= 0.3 is 0 Å². The molecular formula is C42H65N5O6. The maximum atomic E-state index is 14.5. The van der Waals surface area contributed by atoms with Crippen LogP contribution in [0.4, 0.5) is 17.1 Å². The number of carbonyl (C=O) groups is 3. The van der Waals surface area contributed by atoms with E-state index in [-0.39, 0.29) is 48.9 Å². The van der Waals surface area contributed by atoms with Crippen LogP contribution in [0.1, 0.15) is 115 Å². The molecule has 0 unspecified atom stereocenters. The molecule has 2 aromatic carbocycles. The first-order chi connectivity index (χ1) is 25.5. The fraction of sp³-hybridized carbons (Fsp3) is 0.643. The average molecular weight is 736 g/mol. The molecule has 4 atom stereocenters. The number of ether oxygens (including phenoxy) is 2. The van der Waals surface area contributed by atoms with Crippen molar-refractivity contribution in [2.75, 3.05) is 56.3 Å². The minimum Gasteiger partial charge on any atom is -0.490 e. The summed E-state index contributed by atoms with van der Waals surface area (Å²) in [6, 6.07) is 11.9. The maximum absolute atomic E-state index is 14.5. The quantitative estimate of drug-likeness (QED) is 0.119. The Hall–Kier alpha value is -3.67. The van der Waals surface area contributed by atoms with Crippen molar-refractivity contribution in [1.29, 1.82) is 0 Å². The molecule has 11 nitrogen and oxygen atoms in total. The third-order valence-electron chi connectivity index (χ3n) is 10.7. The van der Waals surface area contributed by atoms with Crippen molar-refractivity contribution in [2.45, 2.75) is 122 Å². The van der Waals surface area contributed by atoms with E-state index in [1.165, 1.54) is 32.1 Å². The van der Waals surface area contributed by atoms with Crippen molar-refractivity contribution in [3.63, 3.8) is 0 Å². The van der Waals surface area contributed by atoms with E-state index in [2.05, 4.69) is 29.5 Å². The van der Waals surface area contributed by atoms with Gasteiger partial charge in [0.2, 0.25) is 11.8 Å². The number of likely N-dealkylation sites (N-methyl/N-ethyl adjacent to an activating group) is 1. The summed E-state index contributed by atoms with van der Waals surface area (Å²) in [6.45, 7) is 8.72. The molecule has 1 aliphatic heterocycles. The number of nitrogens with zero attached hydrogens (tertiary/aromatic N) is 2. The SMILES string of the molecule is C[C@@H]1CCCCO[C@@H](CN(C)CC2CCCCC2)[C@@H](C)CN([C@H](C)CO)C(=O)c2cc(NC(=O)CCCCCC(=O)Nc3ccccc3N)ccc2O1. The largest absolute Gasteiger partial charge is 0.490 e. The van der Waals surface area contributed by atoms with Gasteiger partial charge in [-0.2, -0.15) is 0 Å². The van der Waals surface area contributed by atoms with Gasteiger partial charge in [-0.15, -0.1) is 0 Å². The Labute approximate surface area is 317 Å². The second kappa shape index (κ2) is 21.9. The van der Waals surface area contributed by atoms with Gasteiger partial charge in [0.25, 0.3) is 5.91 Å². The zero-order chi connectivity index (χ0) is 38.2. The lowest BCUT2D eigenvalue weighted by atomic mass is 9.89. The summed E-state index contributed by atoms with van der Waals surface area (Å²) in [5, 5.41) is 16.1. The van der Waals surface area contributed by atoms with Crippen LogP contribution in [0.25, 0.3) is 0 Å². The highest BCUT2D eigenvalue weighted by molar-refractivity contribution is 6.00. The molecule has 1 fully saturated rings. The van der Waals surface area contributed by atoms with E-state index in [9.17, 15) is 19.5 Å². The summed E-state index contributed by atoms with van der Waals surface area (Å²) in [6.07, 6.45) is 11.6. The molecule has 294 valence electrons. The predicted octanol–water partition coefficient (Wildman–Crippen LogP) is 7.10. The van der Waals surface area contributed by atoms with Crippen molar-refractivity contribution in [3.8, 4) is 5.75 Å². The van der Waals surface area contributed by atoms with Crippen molar-refractivity contribution < 1.29 is 29.0 Å². The van der Waals surface area contributed by atoms with E-state index in [1.54, 1.807) is 35.2 Å². The lowest BCUT2D eigenvalue weighted by Crippen LogP contribution is -2.47. The fourth-order valence-corrected chi connectivity index (χ4v) is 7.45. The first kappa shape index (κ1) is 42.1. The molecule has 4 rings (SSSR count). The Morgan fingerprint density at radius 3 is 2.36 bits per heavy atom. The Morgan fingerprint density at radius 1 is 0.943 bits per heavy atom. The Balaban J connectivity index is 1.40. The highest BCUT2D eigenvalue weighted by Gasteiger charge is 2.31. The number of fused-ring (bicyclic) bond motifs is 1. The van der Waals surface area contributed by atoms with Crippen molar-refractivity contribution in [3.05, 3.63) is 48.0 Å². The van der Waals surface area contributed by atoms with Crippen LogP contribution < -0.4 is 21.1 Å². The van der Waals surface area contributed by atoms with Crippen LogP contribution >= 0.6 is 0 Å². The number of aliphatic hydroxyl groups is 1. The molecule has 2 aromatic rings. The maximum Gasteiger partial charge on any atom is 0.258 e. The first-order valence-corrected chi connectivity index (χ1v) is 20.0. The van der Waals surface area contributed by atoms with Crippen molar-refractivity contribution in [1.82, 2.24) is 9.80 Å². The van der Waals surface area contributed by atoms with Crippen LogP contribution in [0.3, 0.4) is 0 Å². The summed E-state index contributed by atoms with van der Waals surface area (Å²) in [4.78, 5) is 43.9. The number of nitrogens with one attached hydrogen (secondary N) is 2. The fourth-order valence-electron chi connectivity index (χ4n) is 7.45. The normalized spacial score (nSPS) is 21.3. The summed E-state index contributed by atoms with van der Waals surface area (Å²) in [5.74, 6) is 0.678. The monoisotopic (exact) mass is 735 g/mol. The number of unbranched alkanes of at least 4 members (excludes halogenated alkanes) is 2. The molecule has 1 saturated carbocycles. The van der Waals surface area contributed by atoms with E-state index in [0.29, 0.717) is 67.2 Å². The van der Waals surface area contributed by atoms with Gasteiger partial charge in [-0.05, 0) is 102 Å². The highest BCUT2D eigenvalue weighted by Crippen LogP contribution is 2.29. The lowest BCUT2D eigenvalue weighted by Gasteiger charge is -2.36. The number of aliphatic hydroxyl groups excluding tert-OH is 1. The number of anilines is 3. The van der Waals surface area contributed by atoms with Crippen molar-refractivity contribution in [2.24, 2.45) is 11.8 Å². The number of benzene rings is 2. The zero-order valence-corrected chi connectivity index (χ0v) is 32.6. The first-order valence-electron chi connectivity index (χ1n) is 20.0. The Kier molecular flexibility index (Phi) is 17.4. The van der Waals surface area contributed by atoms with Gasteiger partial charge in [-0.1, -0.05) is 44.7 Å². The topological polar surface area (TPSA) is 146 Å². The minimum absolute atomic E-state index is 0.0124. The van der Waals surface area contributed by atoms with Crippen LogP contribution in [0.5, 0.6) is 5.75 Å². The van der Waals surface area contributed by atoms with Crippen molar-refractivity contribution >= 4 is 34.8 Å². The third kappa shape index (κ3) is 13.9. The molecule has 0 spiro atoms. The number of amides is 3. The van der Waals surface area contributed by atoms with Gasteiger partial charge < -0.3 is 40.7 Å². The van der Waals surface area contributed by atoms with Crippen LogP contribution in [0.15, 0.2) is 42.5 Å². The molecule has 11 heteroatoms. The lowest BCUT2D eigenvalue weighted by molar-refractivity contribution is -0.116. The molecular weight excluding hydrogens is 670 g/mol. The number of para-hydroxylation sites is 2. The second-order valence-electron chi connectivity index (χ2n) is 15.5. The van der Waals surface area contributed by atoms with E-state index >= 15 is 0 Å². The molecule has 0 saturated heterocycles. The summed E-state index contributed by atoms with van der Waals surface area (Å²) in [7, 11) is 2.18. The molecule has 0 aromatic heterocycles. The smallest absolute Gasteiger partial charge is 0.258 e. The van der Waals surface area contributed by atoms with E-state index < -0.39 is 6.04 Å². The number of rotatable bonds is 14. The molecule has 3 amide bonds. The second-order valence-corrected chi connectivity index (χ2v) is 15.5. The van der Waals surface area contributed by atoms with Gasteiger partial charge in [0.1, 0.15) is 5.75 Å². The van der Waals surface area contributed by atoms with E-state index in [0.717, 1.165) is 38.3 Å². The number of carbonyl (C=O) groups excluding carboxylic acids is 3. The molecule has 0 radical (unpaired) electrons. The average Bonchev–Trinajstić information content (AvgIpc) is 3.14. The minimum atomic E-state index is -0.436. The van der Waals surface area contributed by atoms with Crippen LogP contribution in [-0.4, -0.2) is 90.8 Å². The van der Waals surface area contributed by atoms with Crippen LogP contribution in [0.2, 0.25) is 0 Å². The number of hydrogen-bond acceptors (Lipinski definition) is 8. The van der Waals surface area contributed by atoms with Gasteiger partial charge in [-0.25, -0.2) is 0 Å². The highest BCUT2D eigenvalue weighted by atomic mass is 16.5. The zero-order valence-electron chi connectivity index (χ0n) is 32.6.